The maximum atomic E-state index is 11.8. The summed E-state index contributed by atoms with van der Waals surface area (Å²) in [5.74, 6) is 0.769. The third-order valence-corrected chi connectivity index (χ3v) is 3.35. The smallest absolute Gasteiger partial charge is 0.315 e. The molecule has 0 spiro atoms. The van der Waals surface area contributed by atoms with Crippen molar-refractivity contribution in [2.24, 2.45) is 0 Å². The van der Waals surface area contributed by atoms with Crippen molar-refractivity contribution in [3.63, 3.8) is 0 Å². The van der Waals surface area contributed by atoms with E-state index in [0.717, 1.165) is 16.9 Å². The minimum absolute atomic E-state index is 0.238. The zero-order chi connectivity index (χ0) is 15.1. The third-order valence-electron chi connectivity index (χ3n) is 2.98. The van der Waals surface area contributed by atoms with E-state index in [-0.39, 0.29) is 6.03 Å². The Bertz CT molecular complexity index is 617. The number of ether oxygens (including phenoxy) is 1. The summed E-state index contributed by atoms with van der Waals surface area (Å²) in [6.07, 6.45) is 0. The molecule has 2 rings (SSSR count). The Balaban J connectivity index is 1.81. The first-order chi connectivity index (χ1) is 10.2. The Kier molecular flexibility index (Phi) is 5.46. The van der Waals surface area contributed by atoms with Crippen LogP contribution < -0.4 is 15.4 Å². The highest BCUT2D eigenvalue weighted by molar-refractivity contribution is 6.31. The van der Waals surface area contributed by atoms with Gasteiger partial charge in [0.05, 0.1) is 7.11 Å². The molecule has 0 atom stereocenters. The Morgan fingerprint density at radius 3 is 2.62 bits per heavy atom. The fraction of sp³-hybridized carbons (Fsp3) is 0.188. The summed E-state index contributed by atoms with van der Waals surface area (Å²) in [7, 11) is 1.61. The molecular formula is C16H17ClN2O2. The molecular weight excluding hydrogens is 288 g/mol. The highest BCUT2D eigenvalue weighted by Crippen LogP contribution is 2.14. The van der Waals surface area contributed by atoms with Gasteiger partial charge in [0.1, 0.15) is 5.75 Å². The molecule has 0 bridgehead atoms. The van der Waals surface area contributed by atoms with Crippen LogP contribution in [-0.2, 0) is 13.1 Å². The van der Waals surface area contributed by atoms with Crippen LogP contribution in [0.4, 0.5) is 4.79 Å². The van der Waals surface area contributed by atoms with Gasteiger partial charge in [-0.3, -0.25) is 0 Å². The van der Waals surface area contributed by atoms with Gasteiger partial charge >= 0.3 is 6.03 Å². The molecule has 4 nitrogen and oxygen atoms in total. The molecule has 21 heavy (non-hydrogen) atoms. The van der Waals surface area contributed by atoms with Gasteiger partial charge in [-0.2, -0.15) is 0 Å². The number of rotatable bonds is 5. The number of hydrogen-bond donors (Lipinski definition) is 2. The Hall–Kier alpha value is -2.20. The summed E-state index contributed by atoms with van der Waals surface area (Å²) in [5, 5.41) is 6.21. The predicted molar refractivity (Wildman–Crippen MR) is 83.5 cm³/mol. The van der Waals surface area contributed by atoms with Gasteiger partial charge in [0, 0.05) is 18.1 Å². The quantitative estimate of drug-likeness (QED) is 0.890. The van der Waals surface area contributed by atoms with Crippen LogP contribution >= 0.6 is 11.6 Å². The normalized spacial score (nSPS) is 10.0. The van der Waals surface area contributed by atoms with Crippen molar-refractivity contribution in [2.45, 2.75) is 13.1 Å². The van der Waals surface area contributed by atoms with Crippen LogP contribution in [0.15, 0.2) is 48.5 Å². The van der Waals surface area contributed by atoms with E-state index < -0.39 is 0 Å². The van der Waals surface area contributed by atoms with Gasteiger partial charge in [-0.25, -0.2) is 4.79 Å². The number of carbonyl (C=O) groups is 1. The lowest BCUT2D eigenvalue weighted by atomic mass is 10.2. The van der Waals surface area contributed by atoms with E-state index in [4.69, 9.17) is 16.3 Å². The fourth-order valence-corrected chi connectivity index (χ4v) is 2.05. The summed E-state index contributed by atoms with van der Waals surface area (Å²) in [6, 6.07) is 14.7. The molecule has 0 saturated heterocycles. The first-order valence-electron chi connectivity index (χ1n) is 6.57. The average Bonchev–Trinajstić information content (AvgIpc) is 2.52. The van der Waals surface area contributed by atoms with Crippen molar-refractivity contribution >= 4 is 17.6 Å². The minimum Gasteiger partial charge on any atom is -0.497 e. The van der Waals surface area contributed by atoms with Crippen LogP contribution in [0.25, 0.3) is 0 Å². The van der Waals surface area contributed by atoms with Crippen LogP contribution in [0, 0.1) is 0 Å². The average molecular weight is 305 g/mol. The molecule has 2 N–H and O–H groups in total. The molecule has 0 unspecified atom stereocenters. The molecule has 0 aromatic heterocycles. The lowest BCUT2D eigenvalue weighted by Gasteiger charge is -2.09. The molecule has 2 aromatic rings. The molecule has 2 amide bonds. The molecule has 0 radical (unpaired) electrons. The Morgan fingerprint density at radius 2 is 1.86 bits per heavy atom. The molecule has 0 aliphatic rings. The summed E-state index contributed by atoms with van der Waals surface area (Å²) in [4.78, 5) is 11.8. The number of nitrogens with one attached hydrogen (secondary N) is 2. The molecule has 0 heterocycles. The summed E-state index contributed by atoms with van der Waals surface area (Å²) < 4.78 is 5.14. The van der Waals surface area contributed by atoms with Crippen molar-refractivity contribution in [2.75, 3.05) is 7.11 Å². The first kappa shape index (κ1) is 15.2. The first-order valence-corrected chi connectivity index (χ1v) is 6.95. The number of carbonyl (C=O) groups excluding carboxylic acids is 1. The largest absolute Gasteiger partial charge is 0.497 e. The molecule has 110 valence electrons. The van der Waals surface area contributed by atoms with Gasteiger partial charge < -0.3 is 15.4 Å². The molecule has 0 fully saturated rings. The molecule has 2 aromatic carbocycles. The molecule has 0 saturated carbocycles. The highest BCUT2D eigenvalue weighted by Gasteiger charge is 2.03. The Morgan fingerprint density at radius 1 is 1.10 bits per heavy atom. The van der Waals surface area contributed by atoms with Crippen molar-refractivity contribution in [1.82, 2.24) is 10.6 Å². The number of methoxy groups -OCH3 is 1. The topological polar surface area (TPSA) is 50.4 Å². The van der Waals surface area contributed by atoms with Crippen molar-refractivity contribution in [3.05, 3.63) is 64.7 Å². The summed E-state index contributed by atoms with van der Waals surface area (Å²) in [6.45, 7) is 0.829. The lowest BCUT2D eigenvalue weighted by Crippen LogP contribution is -2.34. The van der Waals surface area contributed by atoms with Gasteiger partial charge in [-0.1, -0.05) is 41.9 Å². The van der Waals surface area contributed by atoms with E-state index in [9.17, 15) is 4.79 Å². The van der Waals surface area contributed by atoms with Gasteiger partial charge in [0.25, 0.3) is 0 Å². The number of hydrogen-bond acceptors (Lipinski definition) is 2. The molecule has 5 heteroatoms. The summed E-state index contributed by atoms with van der Waals surface area (Å²) >= 11 is 6.03. The van der Waals surface area contributed by atoms with E-state index in [1.54, 1.807) is 13.2 Å². The number of amides is 2. The summed E-state index contributed by atoms with van der Waals surface area (Å²) in [5.41, 5.74) is 1.86. The van der Waals surface area contributed by atoms with E-state index in [1.165, 1.54) is 0 Å². The van der Waals surface area contributed by atoms with Crippen molar-refractivity contribution < 1.29 is 9.53 Å². The SMILES string of the molecule is COc1cccc(CNC(=O)NCc2ccccc2Cl)c1. The maximum Gasteiger partial charge on any atom is 0.315 e. The van der Waals surface area contributed by atoms with E-state index in [2.05, 4.69) is 10.6 Å². The van der Waals surface area contributed by atoms with Crippen LogP contribution in [0.5, 0.6) is 5.75 Å². The van der Waals surface area contributed by atoms with E-state index in [1.807, 2.05) is 42.5 Å². The Labute approximate surface area is 129 Å². The van der Waals surface area contributed by atoms with E-state index >= 15 is 0 Å². The van der Waals surface area contributed by atoms with Gasteiger partial charge in [0.15, 0.2) is 0 Å². The van der Waals surface area contributed by atoms with Crippen LogP contribution in [0.3, 0.4) is 0 Å². The second-order valence-electron chi connectivity index (χ2n) is 4.48. The predicted octanol–water partition coefficient (Wildman–Crippen LogP) is 3.35. The van der Waals surface area contributed by atoms with Gasteiger partial charge in [-0.15, -0.1) is 0 Å². The van der Waals surface area contributed by atoms with Crippen molar-refractivity contribution in [1.29, 1.82) is 0 Å². The third kappa shape index (κ3) is 4.68. The molecule has 0 aliphatic heterocycles. The van der Waals surface area contributed by atoms with Crippen LogP contribution in [-0.4, -0.2) is 13.1 Å². The number of urea groups is 1. The lowest BCUT2D eigenvalue weighted by molar-refractivity contribution is 0.240. The van der Waals surface area contributed by atoms with Gasteiger partial charge in [0.2, 0.25) is 0 Å². The second kappa shape index (κ2) is 7.55. The highest BCUT2D eigenvalue weighted by atomic mass is 35.5. The maximum absolute atomic E-state index is 11.8. The zero-order valence-corrected chi connectivity index (χ0v) is 12.5. The van der Waals surface area contributed by atoms with Crippen LogP contribution in [0.2, 0.25) is 5.02 Å². The van der Waals surface area contributed by atoms with E-state index in [0.29, 0.717) is 18.1 Å². The zero-order valence-electron chi connectivity index (χ0n) is 11.7. The van der Waals surface area contributed by atoms with Gasteiger partial charge in [-0.05, 0) is 29.3 Å². The minimum atomic E-state index is -0.238. The van der Waals surface area contributed by atoms with Crippen molar-refractivity contribution in [3.8, 4) is 5.75 Å². The van der Waals surface area contributed by atoms with Crippen LogP contribution in [0.1, 0.15) is 11.1 Å². The standard InChI is InChI=1S/C16H17ClN2O2/c1-21-14-7-4-5-12(9-14)10-18-16(20)19-11-13-6-2-3-8-15(13)17/h2-9H,10-11H2,1H3,(H2,18,19,20). The number of benzene rings is 2. The molecule has 0 aliphatic carbocycles. The monoisotopic (exact) mass is 304 g/mol. The fourth-order valence-electron chi connectivity index (χ4n) is 1.84. The second-order valence-corrected chi connectivity index (χ2v) is 4.89. The number of halogens is 1.